The van der Waals surface area contributed by atoms with Crippen LogP contribution in [-0.2, 0) is 0 Å². The molecule has 5 heterocycles. The van der Waals surface area contributed by atoms with Gasteiger partial charge >= 0.3 is 0 Å². The van der Waals surface area contributed by atoms with Crippen molar-refractivity contribution in [1.29, 1.82) is 0 Å². The van der Waals surface area contributed by atoms with E-state index < -0.39 is 0 Å². The summed E-state index contributed by atoms with van der Waals surface area (Å²) >= 11 is 0. The summed E-state index contributed by atoms with van der Waals surface area (Å²) in [5.41, 5.74) is 3.74. The molecule has 1 aromatic heterocycles. The van der Waals surface area contributed by atoms with Crippen LogP contribution in [0.4, 0.5) is 22.9 Å². The second-order valence-electron chi connectivity index (χ2n) is 9.54. The normalized spacial score (nSPS) is 29.3. The summed E-state index contributed by atoms with van der Waals surface area (Å²) in [5.74, 6) is 3.44. The van der Waals surface area contributed by atoms with Crippen LogP contribution in [0.25, 0.3) is 0 Å². The number of hydrogen-bond donors (Lipinski definition) is 3. The zero-order valence-corrected chi connectivity index (χ0v) is 17.8. The van der Waals surface area contributed by atoms with Crippen LogP contribution in [0.5, 0.6) is 0 Å². The van der Waals surface area contributed by atoms with Crippen LogP contribution in [0.15, 0.2) is 36.4 Å². The number of aromatic nitrogens is 1. The van der Waals surface area contributed by atoms with Crippen LogP contribution in [0.2, 0.25) is 0 Å². The molecule has 31 heavy (non-hydrogen) atoms. The largest absolute Gasteiger partial charge is 0.369 e. The molecule has 4 saturated heterocycles. The highest BCUT2D eigenvalue weighted by atomic mass is 16.1. The van der Waals surface area contributed by atoms with E-state index in [9.17, 15) is 4.79 Å². The maximum absolute atomic E-state index is 12.2. The molecule has 0 spiro atoms. The second kappa shape index (κ2) is 7.80. The number of nitrogens with zero attached hydrogens (tertiary/aromatic N) is 3. The number of nitrogens with one attached hydrogen (secondary N) is 3. The lowest BCUT2D eigenvalue weighted by atomic mass is 10.0. The SMILES string of the molecule is O=Cc1nc(Nc2ccccc2)cc(N2CC3CNCC3C2)c1N1CC2CNCC2C1. The molecule has 0 bridgehead atoms. The van der Waals surface area contributed by atoms with Crippen molar-refractivity contribution in [2.75, 3.05) is 67.5 Å². The molecule has 4 fully saturated rings. The first-order valence-corrected chi connectivity index (χ1v) is 11.5. The van der Waals surface area contributed by atoms with Crippen LogP contribution in [-0.4, -0.2) is 63.6 Å². The number of rotatable bonds is 5. The third-order valence-electron chi connectivity index (χ3n) is 7.59. The minimum atomic E-state index is 0.555. The first-order valence-electron chi connectivity index (χ1n) is 11.5. The van der Waals surface area contributed by atoms with Crippen LogP contribution >= 0.6 is 0 Å². The molecular formula is C24H30N6O. The third kappa shape index (κ3) is 3.46. The number of carbonyl (C=O) groups excluding carboxylic acids is 1. The van der Waals surface area contributed by atoms with E-state index in [2.05, 4.69) is 31.8 Å². The fraction of sp³-hybridized carbons (Fsp3) is 0.500. The van der Waals surface area contributed by atoms with Crippen molar-refractivity contribution in [3.05, 3.63) is 42.1 Å². The van der Waals surface area contributed by atoms with Gasteiger partial charge < -0.3 is 25.8 Å². The molecule has 7 heteroatoms. The molecule has 7 nitrogen and oxygen atoms in total. The standard InChI is InChI=1S/C24H30N6O/c31-15-21-24(30-13-18-9-26-10-19(18)14-30)22(29-11-16-7-25-8-17(16)12-29)6-23(28-21)27-20-4-2-1-3-5-20/h1-6,15-19,25-26H,7-14H2,(H,27,28). The average molecular weight is 419 g/mol. The molecular weight excluding hydrogens is 388 g/mol. The maximum Gasteiger partial charge on any atom is 0.170 e. The van der Waals surface area contributed by atoms with Gasteiger partial charge in [0.25, 0.3) is 0 Å². The molecule has 4 aliphatic rings. The maximum atomic E-state index is 12.2. The van der Waals surface area contributed by atoms with Crippen molar-refractivity contribution in [2.45, 2.75) is 0 Å². The van der Waals surface area contributed by atoms with Gasteiger partial charge in [0.2, 0.25) is 0 Å². The summed E-state index contributed by atoms with van der Waals surface area (Å²) in [5, 5.41) is 10.5. The molecule has 4 unspecified atom stereocenters. The van der Waals surface area contributed by atoms with E-state index in [0.717, 1.165) is 81.5 Å². The lowest BCUT2D eigenvalue weighted by Gasteiger charge is -2.30. The Morgan fingerprint density at radius 3 is 2.03 bits per heavy atom. The van der Waals surface area contributed by atoms with Gasteiger partial charge in [-0.3, -0.25) is 4.79 Å². The topological polar surface area (TPSA) is 72.5 Å². The number of hydrogen-bond acceptors (Lipinski definition) is 7. The van der Waals surface area contributed by atoms with E-state index in [1.165, 1.54) is 0 Å². The molecule has 4 atom stereocenters. The van der Waals surface area contributed by atoms with Crippen molar-refractivity contribution < 1.29 is 4.79 Å². The fourth-order valence-corrected chi connectivity index (χ4v) is 6.01. The van der Waals surface area contributed by atoms with Gasteiger partial charge in [0.05, 0.1) is 11.4 Å². The van der Waals surface area contributed by atoms with E-state index in [4.69, 9.17) is 4.98 Å². The Hall–Kier alpha value is -2.64. The molecule has 0 amide bonds. The van der Waals surface area contributed by atoms with E-state index in [1.54, 1.807) is 0 Å². The highest BCUT2D eigenvalue weighted by molar-refractivity contribution is 5.91. The van der Waals surface area contributed by atoms with Gasteiger partial charge in [-0.2, -0.15) is 0 Å². The van der Waals surface area contributed by atoms with E-state index in [-0.39, 0.29) is 0 Å². The third-order valence-corrected chi connectivity index (χ3v) is 7.59. The summed E-state index contributed by atoms with van der Waals surface area (Å²) in [4.78, 5) is 21.9. The molecule has 0 radical (unpaired) electrons. The lowest BCUT2D eigenvalue weighted by molar-refractivity contribution is 0.111. The molecule has 0 saturated carbocycles. The van der Waals surface area contributed by atoms with Gasteiger partial charge in [-0.25, -0.2) is 4.98 Å². The minimum absolute atomic E-state index is 0.555. The number of benzene rings is 1. The van der Waals surface area contributed by atoms with Crippen molar-refractivity contribution in [3.8, 4) is 0 Å². The Morgan fingerprint density at radius 2 is 1.45 bits per heavy atom. The predicted molar refractivity (Wildman–Crippen MR) is 123 cm³/mol. The molecule has 4 aliphatic heterocycles. The van der Waals surface area contributed by atoms with Gasteiger partial charge in [0, 0.05) is 64.1 Å². The Labute approximate surface area is 183 Å². The van der Waals surface area contributed by atoms with Gasteiger partial charge in [-0.15, -0.1) is 0 Å². The predicted octanol–water partition coefficient (Wildman–Crippen LogP) is 1.95. The van der Waals surface area contributed by atoms with E-state index in [1.807, 2.05) is 30.3 Å². The van der Waals surface area contributed by atoms with Crippen molar-refractivity contribution in [2.24, 2.45) is 23.7 Å². The van der Waals surface area contributed by atoms with Crippen molar-refractivity contribution in [1.82, 2.24) is 15.6 Å². The fourth-order valence-electron chi connectivity index (χ4n) is 6.01. The number of anilines is 4. The zero-order valence-electron chi connectivity index (χ0n) is 17.8. The quantitative estimate of drug-likeness (QED) is 0.641. The Balaban J connectivity index is 1.39. The lowest BCUT2D eigenvalue weighted by Crippen LogP contribution is -2.31. The number of carbonyl (C=O) groups is 1. The Morgan fingerprint density at radius 1 is 0.871 bits per heavy atom. The average Bonchev–Trinajstić information content (AvgIpc) is 3.54. The summed E-state index contributed by atoms with van der Waals surface area (Å²) < 4.78 is 0. The summed E-state index contributed by atoms with van der Waals surface area (Å²) in [6, 6.07) is 12.2. The molecule has 162 valence electrons. The molecule has 1 aromatic carbocycles. The summed E-state index contributed by atoms with van der Waals surface area (Å²) in [6.07, 6.45) is 0.944. The number of aldehydes is 1. The van der Waals surface area contributed by atoms with E-state index in [0.29, 0.717) is 29.4 Å². The number of para-hydroxylation sites is 1. The van der Waals surface area contributed by atoms with Gasteiger partial charge in [0.15, 0.2) is 6.29 Å². The van der Waals surface area contributed by atoms with Crippen molar-refractivity contribution in [3.63, 3.8) is 0 Å². The molecule has 2 aromatic rings. The first kappa shape index (κ1) is 19.1. The molecule has 6 rings (SSSR count). The monoisotopic (exact) mass is 418 g/mol. The van der Waals surface area contributed by atoms with Crippen LogP contribution in [0, 0.1) is 23.7 Å². The van der Waals surface area contributed by atoms with E-state index >= 15 is 0 Å². The second-order valence-corrected chi connectivity index (χ2v) is 9.54. The highest BCUT2D eigenvalue weighted by Crippen LogP contribution is 2.42. The first-order chi connectivity index (χ1) is 15.3. The smallest absolute Gasteiger partial charge is 0.170 e. The summed E-state index contributed by atoms with van der Waals surface area (Å²) in [7, 11) is 0. The van der Waals surface area contributed by atoms with Crippen molar-refractivity contribution >= 4 is 29.2 Å². The van der Waals surface area contributed by atoms with Gasteiger partial charge in [0.1, 0.15) is 11.5 Å². The molecule has 0 aliphatic carbocycles. The zero-order chi connectivity index (χ0) is 20.8. The van der Waals surface area contributed by atoms with Crippen LogP contribution in [0.3, 0.4) is 0 Å². The Bertz CT molecular complexity index is 942. The molecule has 3 N–H and O–H groups in total. The summed E-state index contributed by atoms with van der Waals surface area (Å²) in [6.45, 7) is 8.43. The van der Waals surface area contributed by atoms with Crippen LogP contribution in [0.1, 0.15) is 10.5 Å². The highest BCUT2D eigenvalue weighted by Gasteiger charge is 2.41. The minimum Gasteiger partial charge on any atom is -0.369 e. The Kier molecular flexibility index (Phi) is 4.80. The van der Waals surface area contributed by atoms with Gasteiger partial charge in [-0.1, -0.05) is 18.2 Å². The number of pyridine rings is 1. The van der Waals surface area contributed by atoms with Crippen LogP contribution < -0.4 is 25.8 Å². The number of fused-ring (bicyclic) bond motifs is 2. The van der Waals surface area contributed by atoms with Gasteiger partial charge in [-0.05, 0) is 35.8 Å².